The first-order valence-corrected chi connectivity index (χ1v) is 4.85. The van der Waals surface area contributed by atoms with Crippen LogP contribution in [0.5, 0.6) is 0 Å². The molecule has 0 unspecified atom stereocenters. The minimum Gasteiger partial charge on any atom is -0.308 e. The summed E-state index contributed by atoms with van der Waals surface area (Å²) in [4.78, 5) is 4.20. The number of halogens is 1. The number of nitrogens with one attached hydrogen (secondary N) is 1. The summed E-state index contributed by atoms with van der Waals surface area (Å²) in [5, 5.41) is 0. The van der Waals surface area contributed by atoms with Crippen LogP contribution in [0.2, 0.25) is 0 Å². The molecule has 4 heteroatoms. The van der Waals surface area contributed by atoms with Gasteiger partial charge in [0, 0.05) is 6.04 Å². The van der Waals surface area contributed by atoms with E-state index in [4.69, 9.17) is 5.84 Å². The van der Waals surface area contributed by atoms with Gasteiger partial charge in [0.15, 0.2) is 0 Å². The quantitative estimate of drug-likeness (QED) is 0.337. The molecule has 1 aromatic rings. The van der Waals surface area contributed by atoms with E-state index in [2.05, 4.69) is 10.4 Å². The molecule has 0 radical (unpaired) electrons. The molecule has 0 aromatic heterocycles. The Balaban J connectivity index is 3.13. The second-order valence-electron chi connectivity index (χ2n) is 3.70. The van der Waals surface area contributed by atoms with E-state index in [-0.39, 0.29) is 11.9 Å². The number of aliphatic imine (C=N–C) groups is 1. The fourth-order valence-corrected chi connectivity index (χ4v) is 1.25. The zero-order valence-corrected chi connectivity index (χ0v) is 9.21. The highest BCUT2D eigenvalue weighted by Crippen LogP contribution is 2.10. The Hall–Kier alpha value is -1.42. The second kappa shape index (κ2) is 4.89. The smallest absolute Gasteiger partial charge is 0.145 e. The van der Waals surface area contributed by atoms with E-state index >= 15 is 0 Å². The van der Waals surface area contributed by atoms with E-state index in [1.54, 1.807) is 6.07 Å². The molecule has 3 nitrogen and oxygen atoms in total. The van der Waals surface area contributed by atoms with Crippen molar-refractivity contribution in [1.29, 1.82) is 0 Å². The minimum absolute atomic E-state index is 0.0664. The van der Waals surface area contributed by atoms with Gasteiger partial charge >= 0.3 is 0 Å². The predicted molar refractivity (Wildman–Crippen MR) is 60.1 cm³/mol. The van der Waals surface area contributed by atoms with Crippen LogP contribution in [0.25, 0.3) is 0 Å². The molecule has 0 atom stereocenters. The fourth-order valence-electron chi connectivity index (χ4n) is 1.25. The van der Waals surface area contributed by atoms with Gasteiger partial charge in [-0.25, -0.2) is 10.2 Å². The molecular weight excluding hydrogens is 193 g/mol. The average Bonchev–Trinajstić information content (AvgIpc) is 2.14. The number of nitrogens with two attached hydrogens (primary N) is 1. The molecule has 0 bridgehead atoms. The summed E-state index contributed by atoms with van der Waals surface area (Å²) in [6.07, 6.45) is 0. The summed E-state index contributed by atoms with van der Waals surface area (Å²) >= 11 is 0. The number of hydrogen-bond donors (Lipinski definition) is 2. The van der Waals surface area contributed by atoms with Crippen LogP contribution in [-0.4, -0.2) is 11.9 Å². The number of rotatable bonds is 2. The average molecular weight is 209 g/mol. The van der Waals surface area contributed by atoms with Gasteiger partial charge in [-0.05, 0) is 38.5 Å². The number of benzene rings is 1. The molecular formula is C11H16FN3. The summed E-state index contributed by atoms with van der Waals surface area (Å²) in [7, 11) is 0. The monoisotopic (exact) mass is 209 g/mol. The Bertz CT molecular complexity index is 372. The van der Waals surface area contributed by atoms with E-state index in [1.807, 2.05) is 26.8 Å². The molecule has 0 aliphatic heterocycles. The highest BCUT2D eigenvalue weighted by molar-refractivity contribution is 5.98. The van der Waals surface area contributed by atoms with Gasteiger partial charge in [0.05, 0.1) is 5.56 Å². The van der Waals surface area contributed by atoms with Crippen molar-refractivity contribution in [3.63, 3.8) is 0 Å². The van der Waals surface area contributed by atoms with Gasteiger partial charge in [0.2, 0.25) is 0 Å². The van der Waals surface area contributed by atoms with Gasteiger partial charge < -0.3 is 5.43 Å². The molecule has 15 heavy (non-hydrogen) atoms. The van der Waals surface area contributed by atoms with Crippen molar-refractivity contribution in [1.82, 2.24) is 5.43 Å². The third-order valence-corrected chi connectivity index (χ3v) is 1.90. The number of hydrazine groups is 1. The van der Waals surface area contributed by atoms with E-state index in [0.717, 1.165) is 5.56 Å². The fraction of sp³-hybridized carbons (Fsp3) is 0.364. The Labute approximate surface area is 89.2 Å². The normalized spacial score (nSPS) is 12.0. The van der Waals surface area contributed by atoms with Gasteiger partial charge in [-0.2, -0.15) is 0 Å². The van der Waals surface area contributed by atoms with Gasteiger partial charge in [0.25, 0.3) is 0 Å². The van der Waals surface area contributed by atoms with Crippen LogP contribution in [0, 0.1) is 12.7 Å². The number of hydrogen-bond acceptors (Lipinski definition) is 2. The van der Waals surface area contributed by atoms with Crippen LogP contribution in [0.3, 0.4) is 0 Å². The molecule has 82 valence electrons. The molecule has 0 aliphatic carbocycles. The zero-order valence-electron chi connectivity index (χ0n) is 9.21. The highest BCUT2D eigenvalue weighted by Gasteiger charge is 2.08. The van der Waals surface area contributed by atoms with Crippen LogP contribution in [0.4, 0.5) is 4.39 Å². The van der Waals surface area contributed by atoms with Crippen LogP contribution in [-0.2, 0) is 0 Å². The molecule has 0 saturated carbocycles. The molecule has 1 rings (SSSR count). The van der Waals surface area contributed by atoms with Crippen molar-refractivity contribution in [2.75, 3.05) is 0 Å². The van der Waals surface area contributed by atoms with Crippen molar-refractivity contribution >= 4 is 5.84 Å². The minimum atomic E-state index is -0.313. The van der Waals surface area contributed by atoms with Gasteiger partial charge in [-0.1, -0.05) is 6.07 Å². The van der Waals surface area contributed by atoms with E-state index in [0.29, 0.717) is 11.4 Å². The zero-order chi connectivity index (χ0) is 11.4. The van der Waals surface area contributed by atoms with Crippen molar-refractivity contribution in [2.24, 2.45) is 10.8 Å². The first kappa shape index (κ1) is 11.7. The van der Waals surface area contributed by atoms with Gasteiger partial charge in [-0.3, -0.25) is 4.99 Å². The van der Waals surface area contributed by atoms with Gasteiger partial charge in [-0.15, -0.1) is 0 Å². The number of aryl methyl sites for hydroxylation is 1. The van der Waals surface area contributed by atoms with Crippen molar-refractivity contribution in [3.8, 4) is 0 Å². The topological polar surface area (TPSA) is 50.4 Å². The van der Waals surface area contributed by atoms with E-state index in [9.17, 15) is 4.39 Å². The first-order valence-electron chi connectivity index (χ1n) is 4.85. The summed E-state index contributed by atoms with van der Waals surface area (Å²) in [6.45, 7) is 5.65. The summed E-state index contributed by atoms with van der Waals surface area (Å²) < 4.78 is 13.6. The lowest BCUT2D eigenvalue weighted by molar-refractivity contribution is 0.622. The molecule has 0 spiro atoms. The van der Waals surface area contributed by atoms with Crippen molar-refractivity contribution in [3.05, 3.63) is 35.1 Å². The SMILES string of the molecule is Cc1ccc(C(=NC(C)C)NN)c(F)c1. The Kier molecular flexibility index (Phi) is 3.80. The third-order valence-electron chi connectivity index (χ3n) is 1.90. The molecule has 0 aliphatic rings. The maximum atomic E-state index is 13.6. The van der Waals surface area contributed by atoms with E-state index in [1.165, 1.54) is 6.07 Å². The van der Waals surface area contributed by atoms with E-state index < -0.39 is 0 Å². The van der Waals surface area contributed by atoms with Crippen LogP contribution < -0.4 is 11.3 Å². The molecule has 1 aromatic carbocycles. The highest BCUT2D eigenvalue weighted by atomic mass is 19.1. The molecule has 0 amide bonds. The molecule has 0 fully saturated rings. The summed E-state index contributed by atoms with van der Waals surface area (Å²) in [5.74, 6) is 5.38. The first-order chi connectivity index (χ1) is 7.04. The van der Waals surface area contributed by atoms with Gasteiger partial charge in [0.1, 0.15) is 11.7 Å². The maximum absolute atomic E-state index is 13.6. The second-order valence-corrected chi connectivity index (χ2v) is 3.70. The number of nitrogens with zero attached hydrogens (tertiary/aromatic N) is 1. The Morgan fingerprint density at radius 2 is 2.13 bits per heavy atom. The predicted octanol–water partition coefficient (Wildman–Crippen LogP) is 1.75. The lowest BCUT2D eigenvalue weighted by Crippen LogP contribution is -2.32. The lowest BCUT2D eigenvalue weighted by Gasteiger charge is -2.09. The number of amidine groups is 1. The Morgan fingerprint density at radius 1 is 1.47 bits per heavy atom. The maximum Gasteiger partial charge on any atom is 0.145 e. The molecule has 0 heterocycles. The molecule has 0 saturated heterocycles. The Morgan fingerprint density at radius 3 is 2.60 bits per heavy atom. The van der Waals surface area contributed by atoms with Crippen molar-refractivity contribution < 1.29 is 4.39 Å². The van der Waals surface area contributed by atoms with Crippen molar-refractivity contribution in [2.45, 2.75) is 26.8 Å². The lowest BCUT2D eigenvalue weighted by atomic mass is 10.1. The summed E-state index contributed by atoms with van der Waals surface area (Å²) in [5.41, 5.74) is 3.69. The van der Waals surface area contributed by atoms with Crippen LogP contribution >= 0.6 is 0 Å². The molecule has 3 N–H and O–H groups in total. The standard InChI is InChI=1S/C11H16FN3/c1-7(2)14-11(15-13)9-5-4-8(3)6-10(9)12/h4-7H,13H2,1-3H3,(H,14,15). The van der Waals surface area contributed by atoms with Crippen LogP contribution in [0.15, 0.2) is 23.2 Å². The largest absolute Gasteiger partial charge is 0.308 e. The summed E-state index contributed by atoms with van der Waals surface area (Å²) in [6, 6.07) is 5.02. The third kappa shape index (κ3) is 3.02. The van der Waals surface area contributed by atoms with Crippen LogP contribution in [0.1, 0.15) is 25.0 Å².